The Balaban J connectivity index is 1.48. The fourth-order valence-corrected chi connectivity index (χ4v) is 2.90. The second-order valence-electron chi connectivity index (χ2n) is 6.23. The van der Waals surface area contributed by atoms with Crippen LogP contribution in [0.2, 0.25) is 0 Å². The number of carbonyl (C=O) groups is 1. The highest BCUT2D eigenvalue weighted by Crippen LogP contribution is 2.22. The third-order valence-corrected chi connectivity index (χ3v) is 4.45. The Morgan fingerprint density at radius 1 is 0.926 bits per heavy atom. The summed E-state index contributed by atoms with van der Waals surface area (Å²) in [5, 5.41) is 2.98. The van der Waals surface area contributed by atoms with Crippen LogP contribution in [0.3, 0.4) is 0 Å². The number of anilines is 1. The van der Waals surface area contributed by atoms with Gasteiger partial charge in [0.2, 0.25) is 0 Å². The second-order valence-corrected chi connectivity index (χ2v) is 6.23. The maximum atomic E-state index is 12.5. The van der Waals surface area contributed by atoms with Crippen molar-refractivity contribution in [3.05, 3.63) is 83.2 Å². The Morgan fingerprint density at radius 3 is 2.52 bits per heavy atom. The average molecular weight is 359 g/mol. The summed E-state index contributed by atoms with van der Waals surface area (Å²) in [5.41, 5.74) is 0.800. The molecule has 0 atom stereocenters. The number of hydrogen-bond acceptors (Lipinski definition) is 4. The normalized spacial score (nSPS) is 10.9. The van der Waals surface area contributed by atoms with Crippen molar-refractivity contribution >= 4 is 33.3 Å². The van der Waals surface area contributed by atoms with Crippen molar-refractivity contribution in [3.8, 4) is 5.75 Å². The molecule has 0 aliphatic heterocycles. The minimum absolute atomic E-state index is 0.119. The van der Waals surface area contributed by atoms with E-state index in [2.05, 4.69) is 0 Å². The lowest BCUT2D eigenvalue weighted by Gasteiger charge is -2.18. The van der Waals surface area contributed by atoms with Crippen molar-refractivity contribution in [2.45, 2.75) is 0 Å². The number of ether oxygens (including phenoxy) is 1. The molecule has 0 spiro atoms. The maximum Gasteiger partial charge on any atom is 0.336 e. The van der Waals surface area contributed by atoms with Crippen LogP contribution in [-0.4, -0.2) is 19.6 Å². The number of hydrogen-bond donors (Lipinski definition) is 0. The van der Waals surface area contributed by atoms with Crippen LogP contribution in [-0.2, 0) is 4.79 Å². The first-order valence-electron chi connectivity index (χ1n) is 8.52. The first-order chi connectivity index (χ1) is 13.1. The highest BCUT2D eigenvalue weighted by atomic mass is 16.5. The van der Waals surface area contributed by atoms with Crippen molar-refractivity contribution in [2.75, 3.05) is 18.6 Å². The summed E-state index contributed by atoms with van der Waals surface area (Å²) >= 11 is 0. The van der Waals surface area contributed by atoms with Gasteiger partial charge in [-0.3, -0.25) is 4.79 Å². The zero-order valence-corrected chi connectivity index (χ0v) is 14.7. The standard InChI is InChI=1S/C22H17NO4/c1-23(18-9-6-15-4-2-3-5-17(15)12-18)21(24)14-26-19-10-7-16-8-11-22(25)27-20(16)13-19/h2-13H,14H2,1H3. The van der Waals surface area contributed by atoms with Gasteiger partial charge >= 0.3 is 5.63 Å². The van der Waals surface area contributed by atoms with E-state index in [9.17, 15) is 9.59 Å². The maximum absolute atomic E-state index is 12.5. The Bertz CT molecular complexity index is 1200. The van der Waals surface area contributed by atoms with Crippen LogP contribution in [0, 0.1) is 0 Å². The number of amides is 1. The molecular formula is C22H17NO4. The van der Waals surface area contributed by atoms with Gasteiger partial charge in [0.15, 0.2) is 6.61 Å². The third kappa shape index (κ3) is 3.53. The van der Waals surface area contributed by atoms with Gasteiger partial charge in [-0.2, -0.15) is 0 Å². The second kappa shape index (κ2) is 6.96. The van der Waals surface area contributed by atoms with Crippen molar-refractivity contribution in [3.63, 3.8) is 0 Å². The van der Waals surface area contributed by atoms with E-state index in [1.54, 1.807) is 36.2 Å². The van der Waals surface area contributed by atoms with Crippen LogP contribution in [0.25, 0.3) is 21.7 Å². The molecule has 1 heterocycles. The average Bonchev–Trinajstić information content (AvgIpc) is 2.70. The largest absolute Gasteiger partial charge is 0.484 e. The molecule has 0 saturated heterocycles. The van der Waals surface area contributed by atoms with E-state index >= 15 is 0 Å². The predicted octanol–water partition coefficient (Wildman–Crippen LogP) is 3.99. The Kier molecular flexibility index (Phi) is 4.34. The first kappa shape index (κ1) is 16.8. The molecule has 1 aromatic heterocycles. The summed E-state index contributed by atoms with van der Waals surface area (Å²) in [6, 6.07) is 22.0. The Labute approximate surface area is 155 Å². The molecule has 4 rings (SSSR count). The molecule has 3 aromatic carbocycles. The molecule has 0 fully saturated rings. The smallest absolute Gasteiger partial charge is 0.336 e. The van der Waals surface area contributed by atoms with Crippen molar-refractivity contribution in [1.29, 1.82) is 0 Å². The molecule has 27 heavy (non-hydrogen) atoms. The highest BCUT2D eigenvalue weighted by Gasteiger charge is 2.12. The van der Waals surface area contributed by atoms with Gasteiger partial charge in [0.1, 0.15) is 11.3 Å². The van der Waals surface area contributed by atoms with Crippen LogP contribution in [0.5, 0.6) is 5.75 Å². The van der Waals surface area contributed by atoms with Crippen LogP contribution in [0.1, 0.15) is 0 Å². The molecule has 0 unspecified atom stereocenters. The number of benzene rings is 3. The lowest BCUT2D eigenvalue weighted by Crippen LogP contribution is -2.31. The molecule has 134 valence electrons. The molecule has 0 N–H and O–H groups in total. The highest BCUT2D eigenvalue weighted by molar-refractivity contribution is 5.96. The van der Waals surface area contributed by atoms with Crippen LogP contribution in [0.4, 0.5) is 5.69 Å². The van der Waals surface area contributed by atoms with Gasteiger partial charge in [0, 0.05) is 30.3 Å². The zero-order valence-electron chi connectivity index (χ0n) is 14.7. The fraction of sp³-hybridized carbons (Fsp3) is 0.0909. The molecule has 0 aliphatic carbocycles. The van der Waals surface area contributed by atoms with Crippen LogP contribution >= 0.6 is 0 Å². The topological polar surface area (TPSA) is 59.8 Å². The summed E-state index contributed by atoms with van der Waals surface area (Å²) in [6.07, 6.45) is 0. The lowest BCUT2D eigenvalue weighted by atomic mass is 10.1. The summed E-state index contributed by atoms with van der Waals surface area (Å²) in [6.45, 7) is -0.119. The minimum Gasteiger partial charge on any atom is -0.484 e. The quantitative estimate of drug-likeness (QED) is 0.517. The SMILES string of the molecule is CN(C(=O)COc1ccc2ccc(=O)oc2c1)c1ccc2ccccc2c1. The number of rotatable bonds is 4. The fourth-order valence-electron chi connectivity index (χ4n) is 2.90. The van der Waals surface area contributed by atoms with E-state index in [0.29, 0.717) is 11.3 Å². The third-order valence-electron chi connectivity index (χ3n) is 4.45. The van der Waals surface area contributed by atoms with E-state index in [0.717, 1.165) is 21.8 Å². The summed E-state index contributed by atoms with van der Waals surface area (Å²) in [4.78, 5) is 25.4. The Morgan fingerprint density at radius 2 is 1.67 bits per heavy atom. The number of carbonyl (C=O) groups excluding carboxylic acids is 1. The van der Waals surface area contributed by atoms with Gasteiger partial charge in [-0.05, 0) is 41.1 Å². The molecule has 5 heteroatoms. The molecule has 0 radical (unpaired) electrons. The van der Waals surface area contributed by atoms with Gasteiger partial charge < -0.3 is 14.1 Å². The molecular weight excluding hydrogens is 342 g/mol. The zero-order chi connectivity index (χ0) is 18.8. The molecule has 4 aromatic rings. The summed E-state index contributed by atoms with van der Waals surface area (Å²) < 4.78 is 10.7. The van der Waals surface area contributed by atoms with Gasteiger partial charge in [-0.15, -0.1) is 0 Å². The minimum atomic E-state index is -0.424. The Hall–Kier alpha value is -3.60. The molecule has 0 bridgehead atoms. The van der Waals surface area contributed by atoms with Gasteiger partial charge in [-0.25, -0.2) is 4.79 Å². The lowest BCUT2D eigenvalue weighted by molar-refractivity contribution is -0.120. The number of fused-ring (bicyclic) bond motifs is 2. The number of nitrogens with zero attached hydrogens (tertiary/aromatic N) is 1. The van der Waals surface area contributed by atoms with Crippen LogP contribution in [0.15, 0.2) is 82.0 Å². The van der Waals surface area contributed by atoms with E-state index in [4.69, 9.17) is 9.15 Å². The molecule has 0 saturated carbocycles. The summed E-state index contributed by atoms with van der Waals surface area (Å²) in [7, 11) is 1.72. The van der Waals surface area contributed by atoms with Gasteiger partial charge in [-0.1, -0.05) is 30.3 Å². The van der Waals surface area contributed by atoms with E-state index in [1.165, 1.54) is 6.07 Å². The molecule has 0 aliphatic rings. The molecule has 1 amide bonds. The first-order valence-corrected chi connectivity index (χ1v) is 8.52. The number of likely N-dealkylation sites (N-methyl/N-ethyl adjacent to an activating group) is 1. The van der Waals surface area contributed by atoms with Gasteiger partial charge in [0.05, 0.1) is 0 Å². The van der Waals surface area contributed by atoms with E-state index in [-0.39, 0.29) is 12.5 Å². The van der Waals surface area contributed by atoms with E-state index < -0.39 is 5.63 Å². The van der Waals surface area contributed by atoms with Gasteiger partial charge in [0.25, 0.3) is 5.91 Å². The molecule has 5 nitrogen and oxygen atoms in total. The van der Waals surface area contributed by atoms with Crippen molar-refractivity contribution < 1.29 is 13.9 Å². The predicted molar refractivity (Wildman–Crippen MR) is 105 cm³/mol. The van der Waals surface area contributed by atoms with Crippen molar-refractivity contribution in [2.24, 2.45) is 0 Å². The van der Waals surface area contributed by atoms with E-state index in [1.807, 2.05) is 42.5 Å². The van der Waals surface area contributed by atoms with Crippen LogP contribution < -0.4 is 15.3 Å². The summed E-state index contributed by atoms with van der Waals surface area (Å²) in [5.74, 6) is 0.289. The monoisotopic (exact) mass is 359 g/mol. The van der Waals surface area contributed by atoms with Crippen molar-refractivity contribution in [1.82, 2.24) is 0 Å².